The van der Waals surface area contributed by atoms with Crippen LogP contribution in [0.3, 0.4) is 0 Å². The summed E-state index contributed by atoms with van der Waals surface area (Å²) >= 11 is 22.9. The number of halogens is 4. The topological polar surface area (TPSA) is 39.9 Å². The maximum absolute atomic E-state index is 6.07. The fourth-order valence-electron chi connectivity index (χ4n) is 1.82. The summed E-state index contributed by atoms with van der Waals surface area (Å²) < 4.78 is 8.15. The Morgan fingerprint density at radius 3 is 2.70 bits per heavy atom. The summed E-state index contributed by atoms with van der Waals surface area (Å²) in [7, 11) is 0. The third kappa shape index (κ3) is 3.04. The first-order valence-electron chi connectivity index (χ1n) is 5.57. The van der Waals surface area contributed by atoms with Gasteiger partial charge >= 0.3 is 0 Å². The number of ether oxygens (including phenoxy) is 1. The molecule has 0 saturated heterocycles. The molecule has 1 aromatic carbocycles. The number of fused-ring (bicyclic) bond motifs is 1. The van der Waals surface area contributed by atoms with Gasteiger partial charge in [0.15, 0.2) is 10.9 Å². The van der Waals surface area contributed by atoms with Crippen molar-refractivity contribution in [2.45, 2.75) is 17.0 Å². The third-order valence-electron chi connectivity index (χ3n) is 2.64. The number of benzene rings is 1. The van der Waals surface area contributed by atoms with Gasteiger partial charge in [-0.15, -0.1) is 5.10 Å². The molecule has 2 aromatic rings. The summed E-state index contributed by atoms with van der Waals surface area (Å²) in [6.07, 6.45) is 0. The van der Waals surface area contributed by atoms with Gasteiger partial charge in [0, 0.05) is 5.02 Å². The van der Waals surface area contributed by atoms with Crippen LogP contribution in [0, 0.1) is 0 Å². The molecule has 1 aliphatic heterocycles. The summed E-state index contributed by atoms with van der Waals surface area (Å²) in [6.45, 7) is 1.20. The SMILES string of the molecule is Clc1cc(Cl)c(OCC2Cn3nc(Br)nc3S2)c(Cl)c1. The van der Waals surface area contributed by atoms with Crippen LogP contribution in [0.2, 0.25) is 15.1 Å². The standard InChI is InChI=1S/C11H7BrCl3N3OS/c12-10-16-11-18(17-10)3-6(20-11)4-19-9-7(14)1-5(13)2-8(9)15/h1-2,6H,3-4H2. The molecular weight excluding hydrogens is 408 g/mol. The molecule has 0 spiro atoms. The van der Waals surface area contributed by atoms with E-state index in [4.69, 9.17) is 39.5 Å². The number of thioether (sulfide) groups is 1. The van der Waals surface area contributed by atoms with Gasteiger partial charge in [-0.3, -0.25) is 0 Å². The van der Waals surface area contributed by atoms with Crippen molar-refractivity contribution in [2.24, 2.45) is 0 Å². The molecule has 20 heavy (non-hydrogen) atoms. The van der Waals surface area contributed by atoms with E-state index in [2.05, 4.69) is 26.0 Å². The Kier molecular flexibility index (Phi) is 4.38. The van der Waals surface area contributed by atoms with E-state index in [1.165, 1.54) is 0 Å². The Hall–Kier alpha value is -0.140. The highest BCUT2D eigenvalue weighted by Gasteiger charge is 2.26. The summed E-state index contributed by atoms with van der Waals surface area (Å²) in [5, 5.41) is 6.61. The lowest BCUT2D eigenvalue weighted by Crippen LogP contribution is -2.16. The number of rotatable bonds is 3. The van der Waals surface area contributed by atoms with E-state index in [9.17, 15) is 0 Å². The normalized spacial score (nSPS) is 17.3. The lowest BCUT2D eigenvalue weighted by molar-refractivity contribution is 0.307. The number of hydrogen-bond acceptors (Lipinski definition) is 4. The largest absolute Gasteiger partial charge is 0.489 e. The van der Waals surface area contributed by atoms with Gasteiger partial charge in [0.25, 0.3) is 0 Å². The molecule has 0 radical (unpaired) electrons. The van der Waals surface area contributed by atoms with Crippen molar-refractivity contribution < 1.29 is 4.74 Å². The minimum absolute atomic E-state index is 0.223. The highest BCUT2D eigenvalue weighted by atomic mass is 79.9. The lowest BCUT2D eigenvalue weighted by Gasteiger charge is -2.13. The Bertz CT molecular complexity index is 620. The Balaban J connectivity index is 1.65. The van der Waals surface area contributed by atoms with Crippen molar-refractivity contribution in [3.05, 3.63) is 31.9 Å². The fraction of sp³-hybridized carbons (Fsp3) is 0.273. The molecule has 9 heteroatoms. The molecular formula is C11H7BrCl3N3OS. The predicted molar refractivity (Wildman–Crippen MR) is 84.3 cm³/mol. The monoisotopic (exact) mass is 413 g/mol. The zero-order valence-corrected chi connectivity index (χ0v) is 14.5. The number of aromatic nitrogens is 3. The highest BCUT2D eigenvalue weighted by Crippen LogP contribution is 2.37. The maximum atomic E-state index is 6.07. The smallest absolute Gasteiger partial charge is 0.218 e. The average molecular weight is 416 g/mol. The van der Waals surface area contributed by atoms with Gasteiger partial charge in [0.2, 0.25) is 4.73 Å². The van der Waals surface area contributed by atoms with E-state index in [0.717, 1.165) is 11.7 Å². The molecule has 0 aliphatic carbocycles. The first-order chi connectivity index (χ1) is 9.52. The summed E-state index contributed by atoms with van der Waals surface area (Å²) in [4.78, 5) is 4.25. The van der Waals surface area contributed by atoms with Gasteiger partial charge in [-0.25, -0.2) is 4.68 Å². The molecule has 106 valence electrons. The van der Waals surface area contributed by atoms with Crippen LogP contribution in [0.4, 0.5) is 0 Å². The van der Waals surface area contributed by atoms with E-state index in [1.807, 2.05) is 4.68 Å². The summed E-state index contributed by atoms with van der Waals surface area (Å²) in [5.41, 5.74) is 0. The van der Waals surface area contributed by atoms with E-state index in [-0.39, 0.29) is 5.25 Å². The molecule has 1 unspecified atom stereocenters. The molecule has 4 nitrogen and oxygen atoms in total. The third-order valence-corrected chi connectivity index (χ3v) is 4.88. The zero-order chi connectivity index (χ0) is 14.3. The lowest BCUT2D eigenvalue weighted by atomic mass is 10.3. The molecule has 1 aromatic heterocycles. The summed E-state index contributed by atoms with van der Waals surface area (Å²) in [5.74, 6) is 0.456. The Morgan fingerprint density at radius 1 is 1.35 bits per heavy atom. The van der Waals surface area contributed by atoms with Crippen LogP contribution in [-0.2, 0) is 6.54 Å². The molecule has 3 rings (SSSR count). The van der Waals surface area contributed by atoms with Crippen LogP contribution in [0.5, 0.6) is 5.75 Å². The van der Waals surface area contributed by atoms with Crippen LogP contribution in [0.25, 0.3) is 0 Å². The number of hydrogen-bond donors (Lipinski definition) is 0. The van der Waals surface area contributed by atoms with E-state index in [0.29, 0.717) is 32.2 Å². The van der Waals surface area contributed by atoms with E-state index >= 15 is 0 Å². The minimum Gasteiger partial charge on any atom is -0.489 e. The molecule has 0 saturated carbocycles. The van der Waals surface area contributed by atoms with Crippen molar-refractivity contribution in [3.8, 4) is 5.75 Å². The average Bonchev–Trinajstić information content (AvgIpc) is 2.84. The predicted octanol–water partition coefficient (Wildman–Crippen LogP) is 4.55. The zero-order valence-electron chi connectivity index (χ0n) is 9.82. The van der Waals surface area contributed by atoms with Gasteiger partial charge in [-0.2, -0.15) is 4.98 Å². The van der Waals surface area contributed by atoms with Crippen molar-refractivity contribution in [1.82, 2.24) is 14.8 Å². The van der Waals surface area contributed by atoms with Gasteiger partial charge < -0.3 is 4.74 Å². The molecule has 0 amide bonds. The second-order valence-corrected chi connectivity index (χ2v) is 7.32. The van der Waals surface area contributed by atoms with E-state index in [1.54, 1.807) is 23.9 Å². The van der Waals surface area contributed by atoms with Gasteiger partial charge in [0.05, 0.1) is 21.8 Å². The molecule has 0 bridgehead atoms. The van der Waals surface area contributed by atoms with Gasteiger partial charge in [0.1, 0.15) is 6.61 Å². The van der Waals surface area contributed by atoms with Crippen molar-refractivity contribution in [2.75, 3.05) is 6.61 Å². The van der Waals surface area contributed by atoms with Crippen LogP contribution in [0.15, 0.2) is 22.0 Å². The molecule has 1 atom stereocenters. The summed E-state index contributed by atoms with van der Waals surface area (Å²) in [6, 6.07) is 3.21. The number of nitrogens with zero attached hydrogens (tertiary/aromatic N) is 3. The molecule has 1 aliphatic rings. The minimum atomic E-state index is 0.223. The van der Waals surface area contributed by atoms with Crippen molar-refractivity contribution in [1.29, 1.82) is 0 Å². The fourth-order valence-corrected chi connectivity index (χ4v) is 4.25. The van der Waals surface area contributed by atoms with Crippen LogP contribution in [0.1, 0.15) is 0 Å². The Morgan fingerprint density at radius 2 is 2.05 bits per heavy atom. The van der Waals surface area contributed by atoms with Crippen LogP contribution >= 0.6 is 62.5 Å². The second-order valence-electron chi connectivity index (χ2n) is 4.09. The first-order valence-corrected chi connectivity index (χ1v) is 8.38. The second kappa shape index (κ2) is 5.93. The molecule has 0 N–H and O–H groups in total. The van der Waals surface area contributed by atoms with Crippen molar-refractivity contribution >= 4 is 62.5 Å². The highest BCUT2D eigenvalue weighted by molar-refractivity contribution is 9.10. The quantitative estimate of drug-likeness (QED) is 0.737. The van der Waals surface area contributed by atoms with Crippen molar-refractivity contribution in [3.63, 3.8) is 0 Å². The van der Waals surface area contributed by atoms with Gasteiger partial charge in [-0.1, -0.05) is 46.6 Å². The molecule has 2 heterocycles. The molecule has 0 fully saturated rings. The van der Waals surface area contributed by atoms with Crippen LogP contribution < -0.4 is 4.74 Å². The first kappa shape index (κ1) is 14.8. The van der Waals surface area contributed by atoms with E-state index < -0.39 is 0 Å². The Labute approximate surface area is 142 Å². The maximum Gasteiger partial charge on any atom is 0.218 e. The van der Waals surface area contributed by atoms with Crippen LogP contribution in [-0.4, -0.2) is 26.6 Å². The van der Waals surface area contributed by atoms with Gasteiger partial charge in [-0.05, 0) is 28.1 Å².